The standard InChI is InChI=1S/C22H25N7O3S2/c1-13-9-23-19(24-10-13)17(32-5)12-34-28-22-27-26-20(21-25-14(2)11-33-21)29(22)18-15(30-3)7-6-8-16(18)31-4/h6-11,17H,12H2,1-5H3,(H,27,28). The second-order valence-corrected chi connectivity index (χ2v) is 8.93. The van der Waals surface area contributed by atoms with Gasteiger partial charge in [0.1, 0.15) is 23.3 Å². The minimum atomic E-state index is -0.295. The Bertz CT molecular complexity index is 1220. The normalized spacial score (nSPS) is 11.9. The summed E-state index contributed by atoms with van der Waals surface area (Å²) >= 11 is 2.91. The molecule has 3 aromatic heterocycles. The highest BCUT2D eigenvalue weighted by Gasteiger charge is 2.24. The minimum absolute atomic E-state index is 0.295. The number of nitrogens with zero attached hydrogens (tertiary/aromatic N) is 6. The molecule has 12 heteroatoms. The van der Waals surface area contributed by atoms with Crippen LogP contribution in [0.15, 0.2) is 36.0 Å². The Labute approximate surface area is 205 Å². The molecule has 3 heterocycles. The van der Waals surface area contributed by atoms with Crippen LogP contribution in [0.5, 0.6) is 11.5 Å². The van der Waals surface area contributed by atoms with Crippen LogP contribution in [0, 0.1) is 13.8 Å². The molecule has 0 saturated heterocycles. The zero-order valence-electron chi connectivity index (χ0n) is 19.5. The van der Waals surface area contributed by atoms with E-state index in [9.17, 15) is 0 Å². The zero-order valence-corrected chi connectivity index (χ0v) is 21.1. The first-order valence-corrected chi connectivity index (χ1v) is 12.2. The van der Waals surface area contributed by atoms with Crippen molar-refractivity contribution in [2.24, 2.45) is 0 Å². The lowest BCUT2D eigenvalue weighted by molar-refractivity contribution is 0.116. The Kier molecular flexibility index (Phi) is 7.60. The molecule has 4 rings (SSSR count). The van der Waals surface area contributed by atoms with Crippen molar-refractivity contribution in [3.05, 3.63) is 53.1 Å². The fraction of sp³-hybridized carbons (Fsp3) is 0.318. The summed E-state index contributed by atoms with van der Waals surface area (Å²) in [6.45, 7) is 3.89. The molecule has 178 valence electrons. The molecular formula is C22H25N7O3S2. The number of aryl methyl sites for hydroxylation is 2. The number of nitrogens with one attached hydrogen (secondary N) is 1. The number of anilines is 1. The van der Waals surface area contributed by atoms with Gasteiger partial charge in [0.25, 0.3) is 0 Å². The van der Waals surface area contributed by atoms with E-state index in [1.54, 1.807) is 33.7 Å². The van der Waals surface area contributed by atoms with Crippen LogP contribution in [-0.4, -0.2) is 56.8 Å². The van der Waals surface area contributed by atoms with E-state index < -0.39 is 0 Å². The molecule has 0 aliphatic carbocycles. The second kappa shape index (κ2) is 10.8. The summed E-state index contributed by atoms with van der Waals surface area (Å²) in [5.41, 5.74) is 2.58. The second-order valence-electron chi connectivity index (χ2n) is 7.24. The summed E-state index contributed by atoms with van der Waals surface area (Å²) in [5.74, 6) is 3.47. The maximum atomic E-state index is 5.65. The minimum Gasteiger partial charge on any atom is -0.494 e. The molecule has 0 radical (unpaired) electrons. The Hall–Kier alpha value is -3.22. The molecule has 0 spiro atoms. The maximum absolute atomic E-state index is 5.65. The smallest absolute Gasteiger partial charge is 0.239 e. The number of para-hydroxylation sites is 1. The quantitative estimate of drug-likeness (QED) is 0.318. The molecule has 0 amide bonds. The molecular weight excluding hydrogens is 474 g/mol. The van der Waals surface area contributed by atoms with Gasteiger partial charge in [-0.25, -0.2) is 15.0 Å². The highest BCUT2D eigenvalue weighted by Crippen LogP contribution is 2.38. The Balaban J connectivity index is 1.67. The van der Waals surface area contributed by atoms with Gasteiger partial charge in [-0.15, -0.1) is 21.5 Å². The van der Waals surface area contributed by atoms with Gasteiger partial charge < -0.3 is 14.2 Å². The lowest BCUT2D eigenvalue weighted by atomic mass is 10.2. The largest absolute Gasteiger partial charge is 0.494 e. The maximum Gasteiger partial charge on any atom is 0.239 e. The van der Waals surface area contributed by atoms with Gasteiger partial charge in [-0.3, -0.25) is 9.29 Å². The van der Waals surface area contributed by atoms with Crippen LogP contribution in [-0.2, 0) is 4.74 Å². The summed E-state index contributed by atoms with van der Waals surface area (Å²) in [5, 5.41) is 11.5. The molecule has 0 fully saturated rings. The van der Waals surface area contributed by atoms with Crippen LogP contribution >= 0.6 is 23.3 Å². The molecule has 0 aliphatic heterocycles. The first-order chi connectivity index (χ1) is 16.5. The van der Waals surface area contributed by atoms with Gasteiger partial charge in [-0.05, 0) is 43.5 Å². The first-order valence-electron chi connectivity index (χ1n) is 10.3. The van der Waals surface area contributed by atoms with E-state index in [1.807, 2.05) is 42.0 Å². The molecule has 1 atom stereocenters. The van der Waals surface area contributed by atoms with Crippen LogP contribution in [0.4, 0.5) is 5.95 Å². The van der Waals surface area contributed by atoms with Gasteiger partial charge in [0, 0.05) is 36.3 Å². The van der Waals surface area contributed by atoms with Gasteiger partial charge in [-0.1, -0.05) is 6.07 Å². The van der Waals surface area contributed by atoms with Gasteiger partial charge in [-0.2, -0.15) is 0 Å². The number of hydrogen-bond acceptors (Lipinski definition) is 11. The first kappa shape index (κ1) is 23.9. The van der Waals surface area contributed by atoms with Crippen molar-refractivity contribution in [3.63, 3.8) is 0 Å². The van der Waals surface area contributed by atoms with Crippen LogP contribution < -0.4 is 14.2 Å². The van der Waals surface area contributed by atoms with Crippen LogP contribution in [0.2, 0.25) is 0 Å². The van der Waals surface area contributed by atoms with Crippen molar-refractivity contribution in [1.29, 1.82) is 0 Å². The van der Waals surface area contributed by atoms with E-state index >= 15 is 0 Å². The van der Waals surface area contributed by atoms with Crippen molar-refractivity contribution < 1.29 is 14.2 Å². The zero-order chi connectivity index (χ0) is 24.1. The van der Waals surface area contributed by atoms with Crippen molar-refractivity contribution in [2.75, 3.05) is 31.8 Å². The average molecular weight is 500 g/mol. The topological polar surface area (TPSA) is 109 Å². The molecule has 10 nitrogen and oxygen atoms in total. The number of rotatable bonds is 10. The molecule has 0 aliphatic rings. The molecule has 4 aromatic rings. The van der Waals surface area contributed by atoms with E-state index in [2.05, 4.69) is 29.9 Å². The molecule has 1 unspecified atom stereocenters. The molecule has 0 saturated carbocycles. The van der Waals surface area contributed by atoms with Gasteiger partial charge in [0.15, 0.2) is 16.7 Å². The lowest BCUT2D eigenvalue weighted by Gasteiger charge is -2.17. The van der Waals surface area contributed by atoms with E-state index in [-0.39, 0.29) is 6.10 Å². The number of hydrogen-bond donors (Lipinski definition) is 1. The van der Waals surface area contributed by atoms with E-state index in [0.717, 1.165) is 16.3 Å². The summed E-state index contributed by atoms with van der Waals surface area (Å²) < 4.78 is 22.0. The summed E-state index contributed by atoms with van der Waals surface area (Å²) in [6, 6.07) is 5.59. The molecule has 0 bridgehead atoms. The predicted octanol–water partition coefficient (Wildman–Crippen LogP) is 4.26. The summed E-state index contributed by atoms with van der Waals surface area (Å²) in [6.07, 6.45) is 3.26. The number of aromatic nitrogens is 6. The van der Waals surface area contributed by atoms with Crippen LogP contribution in [0.1, 0.15) is 23.2 Å². The highest BCUT2D eigenvalue weighted by atomic mass is 32.2. The lowest BCUT2D eigenvalue weighted by Crippen LogP contribution is -2.11. The Morgan fingerprint density at radius 3 is 2.35 bits per heavy atom. The number of ether oxygens (including phenoxy) is 3. The van der Waals surface area contributed by atoms with E-state index in [1.165, 1.54) is 23.3 Å². The predicted molar refractivity (Wildman–Crippen MR) is 133 cm³/mol. The monoisotopic (exact) mass is 499 g/mol. The van der Waals surface area contributed by atoms with Crippen molar-refractivity contribution in [2.45, 2.75) is 20.0 Å². The molecule has 34 heavy (non-hydrogen) atoms. The van der Waals surface area contributed by atoms with Crippen LogP contribution in [0.3, 0.4) is 0 Å². The van der Waals surface area contributed by atoms with Crippen molar-refractivity contribution >= 4 is 29.2 Å². The Morgan fingerprint density at radius 2 is 1.76 bits per heavy atom. The number of thiazole rings is 1. The third-order valence-corrected chi connectivity index (χ3v) is 6.62. The summed E-state index contributed by atoms with van der Waals surface area (Å²) in [4.78, 5) is 13.4. The van der Waals surface area contributed by atoms with Gasteiger partial charge in [0.05, 0.1) is 14.2 Å². The Morgan fingerprint density at radius 1 is 1.06 bits per heavy atom. The fourth-order valence-electron chi connectivity index (χ4n) is 3.21. The van der Waals surface area contributed by atoms with Crippen LogP contribution in [0.25, 0.3) is 16.5 Å². The highest BCUT2D eigenvalue weighted by molar-refractivity contribution is 8.00. The van der Waals surface area contributed by atoms with E-state index in [4.69, 9.17) is 14.2 Å². The summed E-state index contributed by atoms with van der Waals surface area (Å²) in [7, 11) is 4.87. The number of benzene rings is 1. The third kappa shape index (κ3) is 4.98. The van der Waals surface area contributed by atoms with Crippen molar-refractivity contribution in [1.82, 2.24) is 29.7 Å². The third-order valence-electron chi connectivity index (χ3n) is 4.87. The fourth-order valence-corrected chi connectivity index (χ4v) is 4.76. The molecule has 1 N–H and O–H groups in total. The van der Waals surface area contributed by atoms with Gasteiger partial charge in [0.2, 0.25) is 5.95 Å². The van der Waals surface area contributed by atoms with E-state index in [0.29, 0.717) is 40.5 Å². The van der Waals surface area contributed by atoms with Gasteiger partial charge >= 0.3 is 0 Å². The SMILES string of the molecule is COc1cccc(OC)c1-n1c(NSCC(OC)c2ncc(C)cn2)nnc1-c1nc(C)cs1. The van der Waals surface area contributed by atoms with Crippen molar-refractivity contribution in [3.8, 4) is 28.0 Å². The average Bonchev–Trinajstić information content (AvgIpc) is 3.47. The molecule has 1 aromatic carbocycles. The number of methoxy groups -OCH3 is 3.